The van der Waals surface area contributed by atoms with E-state index in [0.717, 1.165) is 16.3 Å². The molecule has 10 heteroatoms. The number of amides is 1. The summed E-state index contributed by atoms with van der Waals surface area (Å²) in [5.74, 6) is -0.243. The maximum absolute atomic E-state index is 12.6. The van der Waals surface area contributed by atoms with Crippen molar-refractivity contribution in [3.63, 3.8) is 0 Å². The Morgan fingerprint density at radius 1 is 1.17 bits per heavy atom. The van der Waals surface area contributed by atoms with E-state index in [1.54, 1.807) is 12.1 Å². The molecule has 1 aliphatic heterocycles. The van der Waals surface area contributed by atoms with Gasteiger partial charge in [0.05, 0.1) is 12.2 Å². The van der Waals surface area contributed by atoms with E-state index in [1.165, 1.54) is 34.0 Å². The molecule has 0 saturated carbocycles. The Morgan fingerprint density at radius 2 is 1.86 bits per heavy atom. The van der Waals surface area contributed by atoms with Gasteiger partial charge in [-0.25, -0.2) is 4.98 Å². The highest BCUT2D eigenvalue weighted by atomic mass is 32.2. The molecule has 1 N–H and O–H groups in total. The van der Waals surface area contributed by atoms with E-state index in [4.69, 9.17) is 0 Å². The van der Waals surface area contributed by atoms with Crippen LogP contribution < -0.4 is 5.32 Å². The number of hydrogen-bond acceptors (Lipinski definition) is 5. The highest BCUT2D eigenvalue weighted by Crippen LogP contribution is 2.30. The van der Waals surface area contributed by atoms with Crippen LogP contribution in [0.3, 0.4) is 0 Å². The summed E-state index contributed by atoms with van der Waals surface area (Å²) in [4.78, 5) is 17.9. The molecule has 29 heavy (non-hydrogen) atoms. The maximum Gasteiger partial charge on any atom is 0.281 e. The lowest BCUT2D eigenvalue weighted by molar-refractivity contribution is 0.102. The normalized spacial score (nSPS) is 14.7. The molecule has 0 atom stereocenters. The lowest BCUT2D eigenvalue weighted by Crippen LogP contribution is -2.42. The van der Waals surface area contributed by atoms with Crippen molar-refractivity contribution < 1.29 is 13.2 Å². The van der Waals surface area contributed by atoms with Gasteiger partial charge >= 0.3 is 0 Å². The van der Waals surface area contributed by atoms with Crippen molar-refractivity contribution in [2.24, 2.45) is 0 Å². The molecule has 1 aliphatic rings. The fourth-order valence-electron chi connectivity index (χ4n) is 3.11. The molecule has 0 saturated heterocycles. The fourth-order valence-corrected chi connectivity index (χ4v) is 5.29. The predicted molar refractivity (Wildman–Crippen MR) is 113 cm³/mol. The van der Waals surface area contributed by atoms with Crippen LogP contribution in [0.2, 0.25) is 0 Å². The number of rotatable bonds is 5. The van der Waals surface area contributed by atoms with E-state index < -0.39 is 10.2 Å². The Bertz CT molecular complexity index is 1120. The van der Waals surface area contributed by atoms with Crippen LogP contribution in [0.25, 0.3) is 5.69 Å². The van der Waals surface area contributed by atoms with Gasteiger partial charge in [-0.3, -0.25) is 10.1 Å². The van der Waals surface area contributed by atoms with Crippen molar-refractivity contribution in [3.8, 4) is 5.69 Å². The van der Waals surface area contributed by atoms with Crippen LogP contribution in [-0.4, -0.2) is 53.1 Å². The van der Waals surface area contributed by atoms with Crippen molar-refractivity contribution in [2.45, 2.75) is 13.0 Å². The lowest BCUT2D eigenvalue weighted by atomic mass is 10.2. The second-order valence-corrected chi connectivity index (χ2v) is 10.1. The molecule has 2 aromatic heterocycles. The van der Waals surface area contributed by atoms with Crippen molar-refractivity contribution in [2.75, 3.05) is 26.0 Å². The first-order valence-electron chi connectivity index (χ1n) is 9.05. The molecule has 4 rings (SSSR count). The van der Waals surface area contributed by atoms with Crippen LogP contribution >= 0.6 is 11.3 Å². The van der Waals surface area contributed by atoms with Crippen molar-refractivity contribution >= 4 is 32.6 Å². The Morgan fingerprint density at radius 3 is 2.52 bits per heavy atom. The number of aromatic nitrogens is 2. The number of benzene rings is 1. The summed E-state index contributed by atoms with van der Waals surface area (Å²) in [6, 6.07) is 11.2. The van der Waals surface area contributed by atoms with Crippen molar-refractivity contribution in [1.82, 2.24) is 18.2 Å². The van der Waals surface area contributed by atoms with Gasteiger partial charge in [-0.1, -0.05) is 0 Å². The number of thiazole rings is 1. The van der Waals surface area contributed by atoms with Gasteiger partial charge in [0.15, 0.2) is 5.13 Å². The van der Waals surface area contributed by atoms with E-state index in [-0.39, 0.29) is 12.5 Å². The second-order valence-electron chi connectivity index (χ2n) is 6.85. The van der Waals surface area contributed by atoms with Crippen LogP contribution in [0.1, 0.15) is 20.9 Å². The molecule has 0 unspecified atom stereocenters. The first-order chi connectivity index (χ1) is 13.8. The molecule has 152 valence electrons. The quantitative estimate of drug-likeness (QED) is 0.672. The smallest absolute Gasteiger partial charge is 0.281 e. The van der Waals surface area contributed by atoms with E-state index >= 15 is 0 Å². The molecule has 1 aromatic carbocycles. The first-order valence-corrected chi connectivity index (χ1v) is 11.3. The summed E-state index contributed by atoms with van der Waals surface area (Å²) in [7, 11) is -0.429. The van der Waals surface area contributed by atoms with Gasteiger partial charge < -0.3 is 4.57 Å². The number of nitrogens with one attached hydrogen (secondary N) is 1. The molecule has 3 aromatic rings. The van der Waals surface area contributed by atoms with Gasteiger partial charge in [-0.15, -0.1) is 11.3 Å². The summed E-state index contributed by atoms with van der Waals surface area (Å²) in [6.07, 6.45) is 4.41. The highest BCUT2D eigenvalue weighted by molar-refractivity contribution is 7.86. The third kappa shape index (κ3) is 3.97. The number of carbonyl (C=O) groups is 1. The SMILES string of the molecule is CN(C)S(=O)(=O)N1CCc2nc(NC(=O)c3ccc(-n4cccc4)cc3)sc2C1. The van der Waals surface area contributed by atoms with Gasteiger partial charge in [0.2, 0.25) is 0 Å². The Labute approximate surface area is 173 Å². The van der Waals surface area contributed by atoms with Crippen molar-refractivity contribution in [1.29, 1.82) is 0 Å². The van der Waals surface area contributed by atoms with Crippen molar-refractivity contribution in [3.05, 3.63) is 64.9 Å². The number of nitrogens with zero attached hydrogens (tertiary/aromatic N) is 4. The molecule has 0 aliphatic carbocycles. The fraction of sp³-hybridized carbons (Fsp3) is 0.263. The van der Waals surface area contributed by atoms with Crippen LogP contribution in [0.5, 0.6) is 0 Å². The summed E-state index contributed by atoms with van der Waals surface area (Å²) >= 11 is 1.32. The molecular weight excluding hydrogens is 410 g/mol. The van der Waals surface area contributed by atoms with E-state index in [0.29, 0.717) is 23.7 Å². The Kier molecular flexibility index (Phi) is 5.26. The topological polar surface area (TPSA) is 87.5 Å². The number of carbonyl (C=O) groups excluding carboxylic acids is 1. The van der Waals surface area contributed by atoms with Gasteiger partial charge in [0, 0.05) is 55.6 Å². The second kappa shape index (κ2) is 7.71. The third-order valence-corrected chi connectivity index (χ3v) is 7.62. The maximum atomic E-state index is 12.6. The van der Waals surface area contributed by atoms with Gasteiger partial charge in [0.1, 0.15) is 0 Å². The third-order valence-electron chi connectivity index (χ3n) is 4.74. The number of anilines is 1. The average molecular weight is 432 g/mol. The minimum Gasteiger partial charge on any atom is -0.324 e. The highest BCUT2D eigenvalue weighted by Gasteiger charge is 2.30. The van der Waals surface area contributed by atoms with Crippen LogP contribution in [-0.2, 0) is 23.2 Å². The molecule has 0 bridgehead atoms. The van der Waals surface area contributed by atoms with E-state index in [1.807, 2.05) is 41.2 Å². The lowest BCUT2D eigenvalue weighted by Gasteiger charge is -2.27. The minimum absolute atomic E-state index is 0.243. The summed E-state index contributed by atoms with van der Waals surface area (Å²) < 4.78 is 29.3. The Hall–Kier alpha value is -2.53. The number of hydrogen-bond donors (Lipinski definition) is 1. The summed E-state index contributed by atoms with van der Waals surface area (Å²) in [6.45, 7) is 0.653. The zero-order chi connectivity index (χ0) is 20.6. The Balaban J connectivity index is 1.46. The molecule has 3 heterocycles. The molecule has 0 radical (unpaired) electrons. The zero-order valence-electron chi connectivity index (χ0n) is 16.1. The standard InChI is InChI=1S/C19H21N5O3S2/c1-22(2)29(26,27)24-12-9-16-17(13-24)28-19(20-16)21-18(25)14-5-7-15(8-6-14)23-10-3-4-11-23/h3-8,10-11H,9,12-13H2,1-2H3,(H,20,21,25). The van der Waals surface area contributed by atoms with Crippen LogP contribution in [0, 0.1) is 0 Å². The van der Waals surface area contributed by atoms with Gasteiger partial charge in [-0.05, 0) is 36.4 Å². The average Bonchev–Trinajstić information content (AvgIpc) is 3.36. The minimum atomic E-state index is -3.47. The van der Waals surface area contributed by atoms with Crippen LogP contribution in [0.15, 0.2) is 48.8 Å². The monoisotopic (exact) mass is 431 g/mol. The van der Waals surface area contributed by atoms with E-state index in [9.17, 15) is 13.2 Å². The molecular formula is C19H21N5O3S2. The predicted octanol–water partition coefficient (Wildman–Crippen LogP) is 2.35. The largest absolute Gasteiger partial charge is 0.324 e. The molecule has 8 nitrogen and oxygen atoms in total. The first kappa shape index (κ1) is 19.8. The summed E-state index contributed by atoms with van der Waals surface area (Å²) in [5.41, 5.74) is 2.35. The molecule has 1 amide bonds. The van der Waals surface area contributed by atoms with E-state index in [2.05, 4.69) is 10.3 Å². The molecule has 0 fully saturated rings. The van der Waals surface area contributed by atoms with Crippen LogP contribution in [0.4, 0.5) is 5.13 Å². The summed E-state index contributed by atoms with van der Waals surface area (Å²) in [5, 5.41) is 3.31. The van der Waals surface area contributed by atoms with Gasteiger partial charge in [-0.2, -0.15) is 17.0 Å². The van der Waals surface area contributed by atoms with Gasteiger partial charge in [0.25, 0.3) is 16.1 Å². The number of fused-ring (bicyclic) bond motifs is 1. The zero-order valence-corrected chi connectivity index (χ0v) is 17.7. The molecule has 0 spiro atoms.